The maximum Gasteiger partial charge on any atom is 0.258 e. The van der Waals surface area contributed by atoms with Crippen molar-refractivity contribution in [3.8, 4) is 0 Å². The summed E-state index contributed by atoms with van der Waals surface area (Å²) in [5.41, 5.74) is 0.806. The Morgan fingerprint density at radius 1 is 1.33 bits per heavy atom. The number of carbonyl (C=O) groups is 2. The van der Waals surface area contributed by atoms with Gasteiger partial charge >= 0.3 is 0 Å². The predicted molar refractivity (Wildman–Crippen MR) is 85.1 cm³/mol. The zero-order valence-electron chi connectivity index (χ0n) is 11.1. The lowest BCUT2D eigenvalue weighted by Gasteiger charge is -2.10. The summed E-state index contributed by atoms with van der Waals surface area (Å²) in [6.45, 7) is 0. The molecule has 5 nitrogen and oxygen atoms in total. The number of hydrogen-bond donors (Lipinski definition) is 2. The molecule has 1 aromatic heterocycles. The van der Waals surface area contributed by atoms with Crippen molar-refractivity contribution in [2.24, 2.45) is 0 Å². The molecule has 2 rings (SSSR count). The highest BCUT2D eigenvalue weighted by molar-refractivity contribution is 7.98. The molecular formula is C14H12ClN3O2S. The summed E-state index contributed by atoms with van der Waals surface area (Å²) >= 11 is 7.25. The van der Waals surface area contributed by atoms with Crippen LogP contribution in [0.4, 0.5) is 11.5 Å². The molecule has 7 heteroatoms. The molecule has 0 aliphatic heterocycles. The van der Waals surface area contributed by atoms with Gasteiger partial charge in [0.2, 0.25) is 6.41 Å². The Balaban J connectivity index is 2.28. The van der Waals surface area contributed by atoms with Gasteiger partial charge in [0.1, 0.15) is 5.82 Å². The van der Waals surface area contributed by atoms with Crippen molar-refractivity contribution in [1.82, 2.24) is 4.98 Å². The van der Waals surface area contributed by atoms with E-state index >= 15 is 0 Å². The van der Waals surface area contributed by atoms with Crippen LogP contribution in [0.3, 0.4) is 0 Å². The van der Waals surface area contributed by atoms with E-state index in [1.165, 1.54) is 18.0 Å². The molecule has 108 valence electrons. The first-order valence-corrected chi connectivity index (χ1v) is 7.55. The molecule has 0 unspecified atom stereocenters. The third-order valence-electron chi connectivity index (χ3n) is 2.65. The summed E-state index contributed by atoms with van der Waals surface area (Å²) < 4.78 is 0. The first-order chi connectivity index (χ1) is 10.1. The third-order valence-corrected chi connectivity index (χ3v) is 3.60. The first kappa shape index (κ1) is 15.3. The van der Waals surface area contributed by atoms with Gasteiger partial charge in [0, 0.05) is 11.1 Å². The van der Waals surface area contributed by atoms with Gasteiger partial charge in [-0.05, 0) is 36.6 Å². The number of aromatic nitrogens is 1. The van der Waals surface area contributed by atoms with E-state index in [2.05, 4.69) is 15.6 Å². The molecular weight excluding hydrogens is 310 g/mol. The van der Waals surface area contributed by atoms with E-state index in [0.717, 1.165) is 4.90 Å². The lowest BCUT2D eigenvalue weighted by molar-refractivity contribution is -0.105. The molecule has 0 saturated heterocycles. The van der Waals surface area contributed by atoms with Crippen LogP contribution in [0.25, 0.3) is 0 Å². The second-order valence-corrected chi connectivity index (χ2v) is 5.31. The Hall–Kier alpha value is -2.05. The Morgan fingerprint density at radius 2 is 2.14 bits per heavy atom. The van der Waals surface area contributed by atoms with E-state index in [1.54, 1.807) is 24.3 Å². The molecule has 0 radical (unpaired) electrons. The monoisotopic (exact) mass is 321 g/mol. The summed E-state index contributed by atoms with van der Waals surface area (Å²) in [4.78, 5) is 27.9. The minimum Gasteiger partial charge on any atom is -0.328 e. The molecule has 1 heterocycles. The van der Waals surface area contributed by atoms with Crippen molar-refractivity contribution < 1.29 is 9.59 Å². The molecule has 0 atom stereocenters. The third kappa shape index (κ3) is 3.96. The van der Waals surface area contributed by atoms with Gasteiger partial charge < -0.3 is 10.6 Å². The van der Waals surface area contributed by atoms with Crippen LogP contribution in [0.15, 0.2) is 41.4 Å². The van der Waals surface area contributed by atoms with E-state index in [1.807, 2.05) is 12.3 Å². The first-order valence-electron chi connectivity index (χ1n) is 5.95. The number of nitrogens with zero attached hydrogens (tertiary/aromatic N) is 1. The Morgan fingerprint density at radius 3 is 2.76 bits per heavy atom. The van der Waals surface area contributed by atoms with Gasteiger partial charge in [0.05, 0.1) is 16.3 Å². The van der Waals surface area contributed by atoms with E-state index in [9.17, 15) is 9.59 Å². The highest BCUT2D eigenvalue weighted by Gasteiger charge is 2.13. The van der Waals surface area contributed by atoms with Crippen molar-refractivity contribution in [3.63, 3.8) is 0 Å². The highest BCUT2D eigenvalue weighted by Crippen LogP contribution is 2.23. The van der Waals surface area contributed by atoms with Gasteiger partial charge in [-0.3, -0.25) is 9.59 Å². The minimum atomic E-state index is -0.356. The van der Waals surface area contributed by atoms with Crippen LogP contribution in [-0.2, 0) is 4.79 Å². The number of hydrogen-bond acceptors (Lipinski definition) is 4. The molecule has 0 bridgehead atoms. The zero-order chi connectivity index (χ0) is 15.2. The number of amides is 2. The fourth-order valence-electron chi connectivity index (χ4n) is 1.66. The normalized spacial score (nSPS) is 10.0. The van der Waals surface area contributed by atoms with E-state index in [4.69, 9.17) is 11.6 Å². The summed E-state index contributed by atoms with van der Waals surface area (Å²) in [6.07, 6.45) is 3.88. The van der Waals surface area contributed by atoms with Crippen molar-refractivity contribution in [2.75, 3.05) is 16.9 Å². The minimum absolute atomic E-state index is 0.356. The number of thioether (sulfide) groups is 1. The number of halogens is 1. The molecule has 0 fully saturated rings. The lowest BCUT2D eigenvalue weighted by Crippen LogP contribution is -2.15. The number of nitrogens with one attached hydrogen (secondary N) is 2. The Labute approximate surface area is 131 Å². The van der Waals surface area contributed by atoms with Crippen molar-refractivity contribution in [3.05, 3.63) is 47.1 Å². The molecule has 0 saturated carbocycles. The highest BCUT2D eigenvalue weighted by atomic mass is 35.5. The number of rotatable bonds is 5. The molecule has 0 spiro atoms. The van der Waals surface area contributed by atoms with Crippen LogP contribution < -0.4 is 10.6 Å². The Kier molecular flexibility index (Phi) is 5.19. The zero-order valence-corrected chi connectivity index (χ0v) is 12.7. The SMILES string of the molecule is CSc1ccc(NC=O)c(C(=O)Nc2ccc(Cl)cn2)c1. The van der Waals surface area contributed by atoms with Gasteiger partial charge in [-0.2, -0.15) is 0 Å². The molecule has 21 heavy (non-hydrogen) atoms. The summed E-state index contributed by atoms with van der Waals surface area (Å²) in [5.74, 6) is 0.0288. The fraction of sp³-hybridized carbons (Fsp3) is 0.0714. The number of carbonyl (C=O) groups excluding carboxylic acids is 2. The smallest absolute Gasteiger partial charge is 0.258 e. The lowest BCUT2D eigenvalue weighted by atomic mass is 10.1. The van der Waals surface area contributed by atoms with Crippen LogP contribution in [0.1, 0.15) is 10.4 Å². The van der Waals surface area contributed by atoms with Gasteiger partial charge in [-0.25, -0.2) is 4.98 Å². The van der Waals surface area contributed by atoms with Crippen LogP contribution in [0.5, 0.6) is 0 Å². The fourth-order valence-corrected chi connectivity index (χ4v) is 2.21. The topological polar surface area (TPSA) is 71.1 Å². The second-order valence-electron chi connectivity index (χ2n) is 3.99. The number of anilines is 2. The average Bonchev–Trinajstić information content (AvgIpc) is 2.50. The number of benzene rings is 1. The maximum absolute atomic E-state index is 12.3. The summed E-state index contributed by atoms with van der Waals surface area (Å²) in [5, 5.41) is 5.66. The van der Waals surface area contributed by atoms with E-state index in [0.29, 0.717) is 28.5 Å². The van der Waals surface area contributed by atoms with Gasteiger partial charge in [-0.15, -0.1) is 11.8 Å². The van der Waals surface area contributed by atoms with E-state index < -0.39 is 0 Å². The van der Waals surface area contributed by atoms with Crippen molar-refractivity contribution in [1.29, 1.82) is 0 Å². The van der Waals surface area contributed by atoms with Gasteiger partial charge in [-0.1, -0.05) is 11.6 Å². The molecule has 2 amide bonds. The van der Waals surface area contributed by atoms with Gasteiger partial charge in [0.25, 0.3) is 5.91 Å². The Bertz CT molecular complexity index is 662. The molecule has 2 aromatic rings. The molecule has 1 aromatic carbocycles. The van der Waals surface area contributed by atoms with Crippen LogP contribution in [0, 0.1) is 0 Å². The molecule has 2 N–H and O–H groups in total. The average molecular weight is 322 g/mol. The van der Waals surface area contributed by atoms with Crippen molar-refractivity contribution in [2.45, 2.75) is 4.90 Å². The van der Waals surface area contributed by atoms with Gasteiger partial charge in [0.15, 0.2) is 0 Å². The molecule has 0 aliphatic carbocycles. The quantitative estimate of drug-likeness (QED) is 0.655. The summed E-state index contributed by atoms with van der Waals surface area (Å²) in [7, 11) is 0. The maximum atomic E-state index is 12.3. The van der Waals surface area contributed by atoms with E-state index in [-0.39, 0.29) is 5.91 Å². The van der Waals surface area contributed by atoms with Crippen LogP contribution in [0.2, 0.25) is 5.02 Å². The largest absolute Gasteiger partial charge is 0.328 e. The summed E-state index contributed by atoms with van der Waals surface area (Å²) in [6, 6.07) is 8.46. The molecule has 0 aliphatic rings. The van der Waals surface area contributed by atoms with Crippen LogP contribution in [-0.4, -0.2) is 23.6 Å². The van der Waals surface area contributed by atoms with Crippen molar-refractivity contribution >= 4 is 47.2 Å². The number of pyridine rings is 1. The standard InChI is InChI=1S/C14H12ClN3O2S/c1-21-10-3-4-12(17-8-19)11(6-10)14(20)18-13-5-2-9(15)7-16-13/h2-8H,1H3,(H,17,19)(H,16,18,20). The van der Waals surface area contributed by atoms with Crippen LogP contribution >= 0.6 is 23.4 Å². The predicted octanol–water partition coefficient (Wildman–Crippen LogP) is 3.28. The second kappa shape index (κ2) is 7.10.